The smallest absolute Gasteiger partial charge is 0.282 e. The van der Waals surface area contributed by atoms with Gasteiger partial charge in [0.1, 0.15) is 0 Å². The Morgan fingerprint density at radius 1 is 1.36 bits per heavy atom. The fraction of sp³-hybridized carbons (Fsp3) is 0.438. The molecule has 1 atom stereocenters. The van der Waals surface area contributed by atoms with Gasteiger partial charge in [-0.15, -0.1) is 0 Å². The molecule has 0 aromatic heterocycles. The van der Waals surface area contributed by atoms with Gasteiger partial charge in [0.15, 0.2) is 6.04 Å². The summed E-state index contributed by atoms with van der Waals surface area (Å²) < 4.78 is 0. The van der Waals surface area contributed by atoms with Crippen LogP contribution in [-0.2, 0) is 9.59 Å². The summed E-state index contributed by atoms with van der Waals surface area (Å²) in [7, 11) is 0. The van der Waals surface area contributed by atoms with E-state index in [1.807, 2.05) is 11.8 Å². The van der Waals surface area contributed by atoms with Gasteiger partial charge in [-0.3, -0.25) is 9.59 Å². The molecule has 6 nitrogen and oxygen atoms in total. The van der Waals surface area contributed by atoms with E-state index in [4.69, 9.17) is 5.26 Å². The van der Waals surface area contributed by atoms with Crippen molar-refractivity contribution < 1.29 is 14.5 Å². The molecule has 0 aliphatic carbocycles. The van der Waals surface area contributed by atoms with Crippen molar-refractivity contribution in [3.63, 3.8) is 0 Å². The first-order valence-corrected chi connectivity index (χ1v) is 7.42. The summed E-state index contributed by atoms with van der Waals surface area (Å²) in [6.07, 6.45) is 0. The maximum absolute atomic E-state index is 12.3. The number of nitriles is 1. The van der Waals surface area contributed by atoms with Crippen LogP contribution in [0.15, 0.2) is 24.3 Å². The van der Waals surface area contributed by atoms with Crippen molar-refractivity contribution in [2.24, 2.45) is 0 Å². The Labute approximate surface area is 130 Å². The van der Waals surface area contributed by atoms with Crippen LogP contribution >= 0.6 is 0 Å². The van der Waals surface area contributed by atoms with Crippen LogP contribution in [0.2, 0.25) is 0 Å². The molecule has 2 amide bonds. The van der Waals surface area contributed by atoms with Crippen LogP contribution in [0, 0.1) is 11.3 Å². The molecule has 0 bridgehead atoms. The van der Waals surface area contributed by atoms with E-state index in [-0.39, 0.29) is 17.9 Å². The van der Waals surface area contributed by atoms with Crippen LogP contribution in [0.5, 0.6) is 0 Å². The maximum atomic E-state index is 12.3. The third kappa shape index (κ3) is 3.83. The molecule has 1 aromatic rings. The van der Waals surface area contributed by atoms with Gasteiger partial charge in [-0.25, -0.2) is 0 Å². The van der Waals surface area contributed by atoms with E-state index in [2.05, 4.69) is 11.4 Å². The number of benzene rings is 1. The number of piperazine rings is 1. The molecule has 0 saturated carbocycles. The molecule has 1 aliphatic heterocycles. The number of nitrogens with one attached hydrogen (secondary N) is 2. The van der Waals surface area contributed by atoms with E-state index < -0.39 is 0 Å². The van der Waals surface area contributed by atoms with Crippen molar-refractivity contribution in [3.05, 3.63) is 29.8 Å². The number of rotatable bonds is 3. The Morgan fingerprint density at radius 2 is 2.05 bits per heavy atom. The second-order valence-corrected chi connectivity index (χ2v) is 5.57. The topological polar surface area (TPSA) is 77.6 Å². The number of quaternary nitrogens is 1. The molecule has 0 radical (unpaired) electrons. The van der Waals surface area contributed by atoms with Gasteiger partial charge in [0.25, 0.3) is 5.91 Å². The quantitative estimate of drug-likeness (QED) is 0.800. The van der Waals surface area contributed by atoms with Gasteiger partial charge >= 0.3 is 0 Å². The lowest BCUT2D eigenvalue weighted by Gasteiger charge is -2.34. The van der Waals surface area contributed by atoms with E-state index in [0.29, 0.717) is 24.3 Å². The van der Waals surface area contributed by atoms with Crippen LogP contribution in [0.4, 0.5) is 5.69 Å². The zero-order valence-electron chi connectivity index (χ0n) is 12.9. The average molecular weight is 301 g/mol. The number of amides is 2. The lowest BCUT2D eigenvalue weighted by atomic mass is 10.2. The molecule has 22 heavy (non-hydrogen) atoms. The van der Waals surface area contributed by atoms with Crippen molar-refractivity contribution in [1.29, 1.82) is 5.26 Å². The van der Waals surface area contributed by atoms with E-state index in [1.165, 1.54) is 4.90 Å². The molecule has 1 saturated heterocycles. The van der Waals surface area contributed by atoms with Crippen molar-refractivity contribution in [3.8, 4) is 6.07 Å². The maximum Gasteiger partial charge on any atom is 0.282 e. The zero-order valence-corrected chi connectivity index (χ0v) is 12.9. The van der Waals surface area contributed by atoms with Crippen molar-refractivity contribution in [1.82, 2.24) is 4.90 Å². The highest BCUT2D eigenvalue weighted by Gasteiger charge is 2.29. The third-order valence-electron chi connectivity index (χ3n) is 4.12. The summed E-state index contributed by atoms with van der Waals surface area (Å²) >= 11 is 0. The SMILES string of the molecule is CC(=O)N1CC[NH+]([C@H](C)C(=O)Nc2cccc(C#N)c2)CC1. The molecule has 116 valence electrons. The third-order valence-corrected chi connectivity index (χ3v) is 4.12. The van der Waals surface area contributed by atoms with E-state index in [0.717, 1.165) is 13.1 Å². The molecule has 1 fully saturated rings. The average Bonchev–Trinajstić information content (AvgIpc) is 2.54. The first-order valence-electron chi connectivity index (χ1n) is 7.42. The van der Waals surface area contributed by atoms with E-state index >= 15 is 0 Å². The highest BCUT2D eigenvalue weighted by atomic mass is 16.2. The minimum Gasteiger partial charge on any atom is -0.332 e. The van der Waals surface area contributed by atoms with Crippen molar-refractivity contribution >= 4 is 17.5 Å². The summed E-state index contributed by atoms with van der Waals surface area (Å²) in [5.41, 5.74) is 1.16. The number of hydrogen-bond donors (Lipinski definition) is 2. The molecule has 2 rings (SSSR count). The Hall–Kier alpha value is -2.39. The van der Waals surface area contributed by atoms with Gasteiger partial charge in [0.2, 0.25) is 5.91 Å². The Balaban J connectivity index is 1.92. The largest absolute Gasteiger partial charge is 0.332 e. The number of nitrogens with zero attached hydrogens (tertiary/aromatic N) is 2. The van der Waals surface area contributed by atoms with Gasteiger partial charge in [-0.2, -0.15) is 5.26 Å². The molecule has 2 N–H and O–H groups in total. The minimum absolute atomic E-state index is 0.0682. The van der Waals surface area contributed by atoms with Crippen LogP contribution in [0.3, 0.4) is 0 Å². The lowest BCUT2D eigenvalue weighted by Crippen LogP contribution is -3.19. The zero-order chi connectivity index (χ0) is 16.1. The summed E-state index contributed by atoms with van der Waals surface area (Å²) in [6, 6.07) is 8.74. The number of anilines is 1. The molecular weight excluding hydrogens is 280 g/mol. The van der Waals surface area contributed by atoms with Crippen LogP contribution in [-0.4, -0.2) is 48.9 Å². The second kappa shape index (κ2) is 7.05. The molecule has 0 unspecified atom stereocenters. The van der Waals surface area contributed by atoms with Gasteiger partial charge < -0.3 is 15.1 Å². The van der Waals surface area contributed by atoms with E-state index in [1.54, 1.807) is 31.2 Å². The monoisotopic (exact) mass is 301 g/mol. The standard InChI is InChI=1S/C16H20N4O2/c1-12(19-6-8-20(9-7-19)13(2)21)16(22)18-15-5-3-4-14(10-15)11-17/h3-5,10,12H,6-9H2,1-2H3,(H,18,22)/p+1/t12-/m1/s1. The Bertz CT molecular complexity index is 600. The molecule has 1 aromatic carbocycles. The second-order valence-electron chi connectivity index (χ2n) is 5.57. The molecular formula is C16H21N4O2+. The number of carbonyl (C=O) groups is 2. The fourth-order valence-corrected chi connectivity index (χ4v) is 2.64. The first-order chi connectivity index (χ1) is 10.5. The lowest BCUT2D eigenvalue weighted by molar-refractivity contribution is -0.917. The highest BCUT2D eigenvalue weighted by Crippen LogP contribution is 2.09. The van der Waals surface area contributed by atoms with Gasteiger partial charge in [-0.05, 0) is 25.1 Å². The molecule has 1 heterocycles. The first kappa shape index (κ1) is 16.0. The minimum atomic E-state index is -0.195. The fourth-order valence-electron chi connectivity index (χ4n) is 2.64. The number of carbonyl (C=O) groups excluding carboxylic acids is 2. The van der Waals surface area contributed by atoms with Gasteiger partial charge in [0, 0.05) is 12.6 Å². The number of hydrogen-bond acceptors (Lipinski definition) is 3. The Kier molecular flexibility index (Phi) is 5.12. The van der Waals surface area contributed by atoms with Gasteiger partial charge in [0.05, 0.1) is 37.8 Å². The predicted molar refractivity (Wildman–Crippen MR) is 82.2 cm³/mol. The molecule has 0 spiro atoms. The van der Waals surface area contributed by atoms with Crippen LogP contribution < -0.4 is 10.2 Å². The van der Waals surface area contributed by atoms with Crippen LogP contribution in [0.25, 0.3) is 0 Å². The van der Waals surface area contributed by atoms with Gasteiger partial charge in [-0.1, -0.05) is 6.07 Å². The highest BCUT2D eigenvalue weighted by molar-refractivity contribution is 5.93. The van der Waals surface area contributed by atoms with Crippen molar-refractivity contribution in [2.45, 2.75) is 19.9 Å². The van der Waals surface area contributed by atoms with Crippen LogP contribution in [0.1, 0.15) is 19.4 Å². The van der Waals surface area contributed by atoms with E-state index in [9.17, 15) is 9.59 Å². The molecule has 6 heteroatoms. The summed E-state index contributed by atoms with van der Waals surface area (Å²) in [5, 5.41) is 11.7. The Morgan fingerprint density at radius 3 is 2.64 bits per heavy atom. The van der Waals surface area contributed by atoms with Crippen molar-refractivity contribution in [2.75, 3.05) is 31.5 Å². The summed E-state index contributed by atoms with van der Waals surface area (Å²) in [5.74, 6) is 0.0193. The summed E-state index contributed by atoms with van der Waals surface area (Å²) in [6.45, 7) is 6.38. The summed E-state index contributed by atoms with van der Waals surface area (Å²) in [4.78, 5) is 26.6. The normalized spacial score (nSPS) is 16.7. The molecule has 1 aliphatic rings. The predicted octanol–water partition coefficient (Wildman–Crippen LogP) is -0.368.